The summed E-state index contributed by atoms with van der Waals surface area (Å²) in [5.41, 5.74) is 3.95. The van der Waals surface area contributed by atoms with Crippen LogP contribution in [0.5, 0.6) is 0 Å². The van der Waals surface area contributed by atoms with Crippen LogP contribution in [0.25, 0.3) is 0 Å². The first-order chi connectivity index (χ1) is 22.0. The van der Waals surface area contributed by atoms with Crippen molar-refractivity contribution >= 4 is 17.5 Å². The highest BCUT2D eigenvalue weighted by atomic mass is 16.2. The lowest BCUT2D eigenvalue weighted by atomic mass is 9.69. The van der Waals surface area contributed by atoms with Crippen molar-refractivity contribution in [1.29, 1.82) is 0 Å². The second-order valence-corrected chi connectivity index (χ2v) is 16.8. The fourth-order valence-corrected chi connectivity index (χ4v) is 7.05. The van der Waals surface area contributed by atoms with E-state index in [0.717, 1.165) is 49.7 Å². The van der Waals surface area contributed by atoms with Crippen molar-refractivity contribution in [3.05, 3.63) is 76.6 Å². The fourth-order valence-electron chi connectivity index (χ4n) is 7.05. The molecule has 2 aliphatic rings. The molecule has 0 saturated heterocycles. The van der Waals surface area contributed by atoms with Crippen LogP contribution in [-0.2, 0) is 16.8 Å². The van der Waals surface area contributed by atoms with Crippen LogP contribution >= 0.6 is 0 Å². The minimum absolute atomic E-state index is 0.00329. The average molecular weight is 640 g/mol. The molecule has 9 heteroatoms. The number of aromatic nitrogens is 4. The number of nitrogens with zero attached hydrogens (tertiary/aromatic N) is 5. The predicted molar refractivity (Wildman–Crippen MR) is 186 cm³/mol. The molecule has 9 nitrogen and oxygen atoms in total. The van der Waals surface area contributed by atoms with Crippen LogP contribution in [0.15, 0.2) is 53.5 Å². The van der Waals surface area contributed by atoms with Gasteiger partial charge in [0.05, 0.1) is 12.6 Å². The van der Waals surface area contributed by atoms with Crippen LogP contribution in [0.1, 0.15) is 140 Å². The first kappa shape index (κ1) is 34.5. The Labute approximate surface area is 280 Å². The molecule has 1 aromatic heterocycles. The lowest BCUT2D eigenvalue weighted by molar-refractivity contribution is -0.134. The van der Waals surface area contributed by atoms with Crippen molar-refractivity contribution < 1.29 is 9.59 Å². The van der Waals surface area contributed by atoms with Gasteiger partial charge in [-0.3, -0.25) is 14.6 Å². The number of aromatic amines is 1. The van der Waals surface area contributed by atoms with Gasteiger partial charge in [0.25, 0.3) is 11.8 Å². The molecule has 252 valence electrons. The van der Waals surface area contributed by atoms with Gasteiger partial charge in [-0.1, -0.05) is 104 Å². The van der Waals surface area contributed by atoms with Crippen LogP contribution in [0, 0.1) is 16.7 Å². The molecule has 0 unspecified atom stereocenters. The van der Waals surface area contributed by atoms with Crippen LogP contribution in [0.4, 0.5) is 0 Å². The molecule has 1 spiro atoms. The topological polar surface area (TPSA) is 116 Å². The minimum Gasteiger partial charge on any atom is -0.345 e. The number of nitrogens with one attached hydrogen (secondary N) is 2. The van der Waals surface area contributed by atoms with Crippen molar-refractivity contribution in [2.24, 2.45) is 21.7 Å². The molecule has 2 aromatic carbocycles. The van der Waals surface area contributed by atoms with E-state index in [1.54, 1.807) is 0 Å². The Morgan fingerprint density at radius 2 is 1.60 bits per heavy atom. The van der Waals surface area contributed by atoms with E-state index in [1.165, 1.54) is 5.56 Å². The summed E-state index contributed by atoms with van der Waals surface area (Å²) in [6.45, 7) is 20.5. The Balaban J connectivity index is 1.50. The number of H-pyrrole nitrogens is 1. The standard InChI is InChI=1S/C38H53N7O2/c1-35(2,3)21-20-30(25-10-12-27(13-11-25)33(46)39-24-31-41-43-44-42-31)45-34(47)32(26-14-16-28(17-15-26)36(4,5)6)40-38(45)22-18-29(19-23-38)37(7,8)9/h10-17,29-30H,18-24H2,1-9H3,(H,39,46)(H,41,42,43,44)/t29?,30-,38?/m1/s1. The maximum Gasteiger partial charge on any atom is 0.275 e. The molecule has 1 aliphatic carbocycles. The summed E-state index contributed by atoms with van der Waals surface area (Å²) < 4.78 is 0. The Hall–Kier alpha value is -3.88. The molecule has 0 radical (unpaired) electrons. The maximum absolute atomic E-state index is 14.8. The summed E-state index contributed by atoms with van der Waals surface area (Å²) >= 11 is 0. The van der Waals surface area contributed by atoms with Gasteiger partial charge < -0.3 is 10.2 Å². The van der Waals surface area contributed by atoms with E-state index in [9.17, 15) is 9.59 Å². The van der Waals surface area contributed by atoms with E-state index in [-0.39, 0.29) is 40.6 Å². The van der Waals surface area contributed by atoms with E-state index in [1.807, 2.05) is 24.3 Å². The van der Waals surface area contributed by atoms with Crippen LogP contribution in [-0.4, -0.2) is 48.7 Å². The molecule has 2 heterocycles. The van der Waals surface area contributed by atoms with Crippen LogP contribution in [0.3, 0.4) is 0 Å². The van der Waals surface area contributed by atoms with Gasteiger partial charge in [-0.2, -0.15) is 5.21 Å². The molecule has 0 bridgehead atoms. The Morgan fingerprint density at radius 3 is 2.13 bits per heavy atom. The van der Waals surface area contributed by atoms with Gasteiger partial charge in [0.1, 0.15) is 11.4 Å². The fraction of sp³-hybridized carbons (Fsp3) is 0.579. The summed E-state index contributed by atoms with van der Waals surface area (Å²) in [7, 11) is 0. The van der Waals surface area contributed by atoms with E-state index < -0.39 is 5.66 Å². The number of hydrogen-bond acceptors (Lipinski definition) is 6. The highest BCUT2D eigenvalue weighted by Crippen LogP contribution is 2.50. The Bertz CT molecular complexity index is 1560. The lowest BCUT2D eigenvalue weighted by Gasteiger charge is -2.47. The number of tetrazole rings is 1. The zero-order chi connectivity index (χ0) is 34.2. The Kier molecular flexibility index (Phi) is 9.50. The third-order valence-corrected chi connectivity index (χ3v) is 10.1. The second-order valence-electron chi connectivity index (χ2n) is 16.8. The number of rotatable bonds is 8. The number of hydrogen-bond donors (Lipinski definition) is 2. The molecule has 5 rings (SSSR count). The lowest BCUT2D eigenvalue weighted by Crippen LogP contribution is -2.51. The van der Waals surface area contributed by atoms with Crippen molar-refractivity contribution in [2.45, 2.75) is 125 Å². The third-order valence-electron chi connectivity index (χ3n) is 10.1. The molecule has 1 atom stereocenters. The molecule has 2 N–H and O–H groups in total. The molecule has 2 amide bonds. The normalized spacial score (nSPS) is 21.2. The van der Waals surface area contributed by atoms with Gasteiger partial charge in [0.2, 0.25) is 0 Å². The van der Waals surface area contributed by atoms with Gasteiger partial charge >= 0.3 is 0 Å². The highest BCUT2D eigenvalue weighted by Gasteiger charge is 2.52. The quantitative estimate of drug-likeness (QED) is 0.264. The summed E-state index contributed by atoms with van der Waals surface area (Å²) in [6.07, 6.45) is 5.47. The molecular weight excluding hydrogens is 586 g/mol. The summed E-state index contributed by atoms with van der Waals surface area (Å²) in [6, 6.07) is 15.9. The predicted octanol–water partition coefficient (Wildman–Crippen LogP) is 7.56. The molecule has 3 aromatic rings. The molecule has 1 aliphatic heterocycles. The largest absolute Gasteiger partial charge is 0.345 e. The molecule has 1 saturated carbocycles. The van der Waals surface area contributed by atoms with E-state index >= 15 is 0 Å². The second kappa shape index (κ2) is 13.0. The van der Waals surface area contributed by atoms with Gasteiger partial charge in [0, 0.05) is 11.1 Å². The van der Waals surface area contributed by atoms with Gasteiger partial charge in [-0.05, 0) is 83.9 Å². The first-order valence-electron chi connectivity index (χ1n) is 17.1. The Morgan fingerprint density at radius 1 is 0.957 bits per heavy atom. The first-order valence-corrected chi connectivity index (χ1v) is 17.1. The molecule has 47 heavy (non-hydrogen) atoms. The SMILES string of the molecule is CC(C)(C)CC[C@H](c1ccc(C(=O)NCc2nn[nH]n2)cc1)N1C(=O)C(c2ccc(C(C)(C)C)cc2)=NC12CCC(C(C)(C)C)CC2. The van der Waals surface area contributed by atoms with Crippen LogP contribution in [0.2, 0.25) is 0 Å². The maximum atomic E-state index is 14.8. The number of amides is 2. The number of carbonyl (C=O) groups excluding carboxylic acids is 2. The minimum atomic E-state index is -0.597. The molecule has 1 fully saturated rings. The van der Waals surface area contributed by atoms with Gasteiger partial charge in [0.15, 0.2) is 5.82 Å². The summed E-state index contributed by atoms with van der Waals surface area (Å²) in [5, 5.41) is 16.6. The smallest absolute Gasteiger partial charge is 0.275 e. The third kappa shape index (κ3) is 7.82. The van der Waals surface area contributed by atoms with Gasteiger partial charge in [-0.15, -0.1) is 10.2 Å². The number of benzene rings is 2. The number of carbonyl (C=O) groups is 2. The van der Waals surface area contributed by atoms with Crippen molar-refractivity contribution in [1.82, 2.24) is 30.8 Å². The van der Waals surface area contributed by atoms with E-state index in [4.69, 9.17) is 4.99 Å². The van der Waals surface area contributed by atoms with E-state index in [2.05, 4.69) is 117 Å². The summed E-state index contributed by atoms with van der Waals surface area (Å²) in [5.74, 6) is 0.781. The van der Waals surface area contributed by atoms with Gasteiger partial charge in [-0.25, -0.2) is 0 Å². The number of aliphatic imine (C=N–C) groups is 1. The van der Waals surface area contributed by atoms with Crippen LogP contribution < -0.4 is 5.32 Å². The van der Waals surface area contributed by atoms with Crippen molar-refractivity contribution in [3.63, 3.8) is 0 Å². The monoisotopic (exact) mass is 639 g/mol. The average Bonchev–Trinajstić information content (AvgIpc) is 3.62. The zero-order valence-electron chi connectivity index (χ0n) is 29.8. The highest BCUT2D eigenvalue weighted by molar-refractivity contribution is 6.46. The summed E-state index contributed by atoms with van der Waals surface area (Å²) in [4.78, 5) is 35.3. The van der Waals surface area contributed by atoms with Crippen molar-refractivity contribution in [3.8, 4) is 0 Å². The zero-order valence-corrected chi connectivity index (χ0v) is 29.8. The molecular formula is C38H53N7O2. The van der Waals surface area contributed by atoms with E-state index in [0.29, 0.717) is 23.0 Å². The van der Waals surface area contributed by atoms with Crippen molar-refractivity contribution in [2.75, 3.05) is 0 Å².